The maximum absolute atomic E-state index is 5.77. The molecule has 0 bridgehead atoms. The van der Waals surface area contributed by atoms with Gasteiger partial charge in [0.05, 0.1) is 0 Å². The molecule has 0 saturated carbocycles. The molecule has 14 heavy (non-hydrogen) atoms. The third-order valence-corrected chi connectivity index (χ3v) is 6.69. The number of furan rings is 1. The van der Waals surface area contributed by atoms with Gasteiger partial charge < -0.3 is 0 Å². The van der Waals surface area contributed by atoms with Gasteiger partial charge in [-0.25, -0.2) is 0 Å². The zero-order valence-corrected chi connectivity index (χ0v) is 11.3. The summed E-state index contributed by atoms with van der Waals surface area (Å²) in [5.41, 5.74) is 1.12. The van der Waals surface area contributed by atoms with Crippen LogP contribution in [0.5, 0.6) is 0 Å². The number of hydrogen-bond acceptors (Lipinski definition) is 1. The van der Waals surface area contributed by atoms with Crippen LogP contribution in [0.4, 0.5) is 0 Å². The second-order valence-corrected chi connectivity index (χ2v) is 15.4. The van der Waals surface area contributed by atoms with Crippen molar-refractivity contribution in [1.29, 1.82) is 0 Å². The topological polar surface area (TPSA) is 13.1 Å². The summed E-state index contributed by atoms with van der Waals surface area (Å²) >= 11 is -1.78. The summed E-state index contributed by atoms with van der Waals surface area (Å²) < 4.78 is 7.24. The molecule has 1 aromatic carbocycles. The molecule has 0 N–H and O–H groups in total. The first-order valence-corrected chi connectivity index (χ1v) is 12.3. The summed E-state index contributed by atoms with van der Waals surface area (Å²) in [7, 11) is 0. The molecule has 2 aromatic rings. The molecule has 0 unspecified atom stereocenters. The second kappa shape index (κ2) is 3.16. The van der Waals surface area contributed by atoms with Crippen LogP contribution < -0.4 is 4.40 Å². The van der Waals surface area contributed by atoms with E-state index in [1.54, 1.807) is 0 Å². The first-order chi connectivity index (χ1) is 6.48. The van der Waals surface area contributed by atoms with E-state index in [2.05, 4.69) is 41.5 Å². The van der Waals surface area contributed by atoms with Crippen LogP contribution in [0.1, 0.15) is 5.76 Å². The van der Waals surface area contributed by atoms with E-state index in [0.717, 1.165) is 11.3 Å². The monoisotopic (exact) mass is 250 g/mol. The Labute approximate surface area is 87.5 Å². The predicted molar refractivity (Wildman–Crippen MR) is 63.9 cm³/mol. The zero-order chi connectivity index (χ0) is 10.3. The van der Waals surface area contributed by atoms with E-state index in [-0.39, 0.29) is 0 Å². The van der Waals surface area contributed by atoms with Gasteiger partial charge in [-0.05, 0) is 0 Å². The average molecular weight is 249 g/mol. The molecule has 2 heteroatoms. The Hall–Kier alpha value is -0.697. The quantitative estimate of drug-likeness (QED) is 0.706. The molecule has 0 radical (unpaired) electrons. The van der Waals surface area contributed by atoms with Gasteiger partial charge in [-0.3, -0.25) is 0 Å². The van der Waals surface area contributed by atoms with Crippen LogP contribution in [0.25, 0.3) is 11.0 Å². The Bertz CT molecular complexity index is 463. The molecule has 0 spiro atoms. The minimum atomic E-state index is -1.78. The van der Waals surface area contributed by atoms with Gasteiger partial charge in [-0.2, -0.15) is 0 Å². The summed E-state index contributed by atoms with van der Waals surface area (Å²) in [5.74, 6) is 8.20. The van der Waals surface area contributed by atoms with Crippen molar-refractivity contribution in [3.8, 4) is 0 Å². The van der Waals surface area contributed by atoms with E-state index in [9.17, 15) is 0 Å². The fraction of sp³-hybridized carbons (Fsp3) is 0.333. The van der Waals surface area contributed by atoms with Gasteiger partial charge >= 0.3 is 87.3 Å². The van der Waals surface area contributed by atoms with E-state index in [0.29, 0.717) is 0 Å². The van der Waals surface area contributed by atoms with Crippen LogP contribution in [0.2, 0.25) is 17.3 Å². The average Bonchev–Trinajstić information content (AvgIpc) is 2.41. The molecule has 0 aliphatic rings. The Morgan fingerprint density at radius 3 is 2.50 bits per heavy atom. The molecule has 1 aromatic heterocycles. The summed E-state index contributed by atoms with van der Waals surface area (Å²) in [4.78, 5) is 0. The summed E-state index contributed by atoms with van der Waals surface area (Å²) in [6.07, 6.45) is 0. The van der Waals surface area contributed by atoms with Crippen molar-refractivity contribution in [1.82, 2.24) is 0 Å². The fourth-order valence-electron chi connectivity index (χ4n) is 1.78. The number of aryl methyl sites for hydroxylation is 1. The van der Waals surface area contributed by atoms with E-state index < -0.39 is 13.3 Å². The number of rotatable bonds is 1. The number of fused-ring (bicyclic) bond motifs is 1. The van der Waals surface area contributed by atoms with Crippen molar-refractivity contribution >= 4 is 28.6 Å². The molecule has 1 heterocycles. The van der Waals surface area contributed by atoms with E-state index in [1.807, 2.05) is 6.92 Å². The van der Waals surface area contributed by atoms with Crippen molar-refractivity contribution in [3.05, 3.63) is 30.0 Å². The van der Waals surface area contributed by atoms with E-state index in [1.165, 1.54) is 9.78 Å². The van der Waals surface area contributed by atoms with Crippen LogP contribution in [0, 0.1) is 6.92 Å². The van der Waals surface area contributed by atoms with Crippen LogP contribution in [-0.4, -0.2) is 13.3 Å². The summed E-state index contributed by atoms with van der Waals surface area (Å²) in [6.45, 7) is 2.01. The Kier molecular flexibility index (Phi) is 2.22. The van der Waals surface area contributed by atoms with Crippen LogP contribution in [-0.2, 0) is 0 Å². The van der Waals surface area contributed by atoms with Gasteiger partial charge in [-0.15, -0.1) is 0 Å². The Balaban J connectivity index is 2.77. The molecule has 2 rings (SSSR count). The van der Waals surface area contributed by atoms with Gasteiger partial charge in [0.25, 0.3) is 0 Å². The third-order valence-electron chi connectivity index (χ3n) is 2.48. The van der Waals surface area contributed by atoms with E-state index in [4.69, 9.17) is 4.42 Å². The van der Waals surface area contributed by atoms with Gasteiger partial charge in [0.2, 0.25) is 0 Å². The van der Waals surface area contributed by atoms with Crippen molar-refractivity contribution in [2.24, 2.45) is 0 Å². The molecular formula is C12H16GeO. The van der Waals surface area contributed by atoms with Gasteiger partial charge in [0, 0.05) is 0 Å². The molecule has 74 valence electrons. The van der Waals surface area contributed by atoms with Crippen molar-refractivity contribution in [2.45, 2.75) is 24.2 Å². The van der Waals surface area contributed by atoms with Crippen LogP contribution in [0.3, 0.4) is 0 Å². The summed E-state index contributed by atoms with van der Waals surface area (Å²) in [5, 5.41) is 1.25. The molecule has 1 nitrogen and oxygen atoms in total. The molecular weight excluding hydrogens is 233 g/mol. The second-order valence-electron chi connectivity index (χ2n) is 4.83. The Morgan fingerprint density at radius 2 is 1.86 bits per heavy atom. The number of para-hydroxylation sites is 1. The molecule has 0 amide bonds. The van der Waals surface area contributed by atoms with Crippen LogP contribution >= 0.6 is 0 Å². The fourth-order valence-corrected chi connectivity index (χ4v) is 4.87. The van der Waals surface area contributed by atoms with Gasteiger partial charge in [0.1, 0.15) is 0 Å². The first-order valence-electron chi connectivity index (χ1n) is 4.98. The molecule has 0 atom stereocenters. The SMILES string of the molecule is Cc1cc2ccc[c]([Ge]([CH3])([CH3])[CH3])c2o1. The normalized spacial score (nSPS) is 12.3. The molecule has 0 aliphatic carbocycles. The zero-order valence-electron chi connectivity index (χ0n) is 9.22. The summed E-state index contributed by atoms with van der Waals surface area (Å²) in [6, 6.07) is 8.62. The predicted octanol–water partition coefficient (Wildman–Crippen LogP) is 3.29. The van der Waals surface area contributed by atoms with Crippen molar-refractivity contribution in [2.75, 3.05) is 0 Å². The van der Waals surface area contributed by atoms with Crippen molar-refractivity contribution < 1.29 is 4.42 Å². The minimum absolute atomic E-state index is 1.01. The number of benzene rings is 1. The van der Waals surface area contributed by atoms with Gasteiger partial charge in [0.15, 0.2) is 0 Å². The van der Waals surface area contributed by atoms with Crippen molar-refractivity contribution in [3.63, 3.8) is 0 Å². The molecule has 0 fully saturated rings. The van der Waals surface area contributed by atoms with Gasteiger partial charge in [-0.1, -0.05) is 0 Å². The molecule has 0 saturated heterocycles. The van der Waals surface area contributed by atoms with E-state index >= 15 is 0 Å². The first kappa shape index (κ1) is 9.84. The maximum atomic E-state index is 5.77. The Morgan fingerprint density at radius 1 is 1.14 bits per heavy atom. The number of hydrogen-bond donors (Lipinski definition) is 0. The van der Waals surface area contributed by atoms with Crippen LogP contribution in [0.15, 0.2) is 28.7 Å². The third kappa shape index (κ3) is 1.61. The standard InChI is InChI=1S/C12H16GeO/c1-9-8-10-6-5-7-11(12(10)14-9)13(2,3)4/h5-8H,1-4H3. The molecule has 0 aliphatic heterocycles.